The number of nitrogens with one attached hydrogen (secondary N) is 1. The van der Waals surface area contributed by atoms with Gasteiger partial charge in [0.15, 0.2) is 0 Å². The van der Waals surface area contributed by atoms with Crippen molar-refractivity contribution in [1.29, 1.82) is 0 Å². The number of carboxylic acids is 1. The fourth-order valence-electron chi connectivity index (χ4n) is 3.59. The molecule has 1 aromatic carbocycles. The third kappa shape index (κ3) is 3.57. The molecule has 2 aromatic rings. The molecular weight excluding hydrogens is 290 g/mol. The number of aryl methyl sites for hydroxylation is 2. The van der Waals surface area contributed by atoms with Gasteiger partial charge in [-0.3, -0.25) is 4.79 Å². The van der Waals surface area contributed by atoms with E-state index in [1.54, 1.807) is 0 Å². The van der Waals surface area contributed by atoms with Crippen LogP contribution in [-0.4, -0.2) is 53.3 Å². The number of piperazine rings is 1. The Morgan fingerprint density at radius 3 is 2.70 bits per heavy atom. The molecule has 1 aliphatic rings. The second-order valence-electron chi connectivity index (χ2n) is 6.49. The minimum absolute atomic E-state index is 0.0209. The van der Waals surface area contributed by atoms with Crippen LogP contribution >= 0.6 is 0 Å². The molecule has 1 aromatic heterocycles. The average Bonchev–Trinajstić information content (AvgIpc) is 2.83. The first-order chi connectivity index (χ1) is 11.0. The summed E-state index contributed by atoms with van der Waals surface area (Å²) in [7, 11) is 0. The Bertz CT molecular complexity index is 715. The average molecular weight is 315 g/mol. The summed E-state index contributed by atoms with van der Waals surface area (Å²) >= 11 is 0. The van der Waals surface area contributed by atoms with Gasteiger partial charge in [-0.1, -0.05) is 6.07 Å². The lowest BCUT2D eigenvalue weighted by Gasteiger charge is -2.27. The summed E-state index contributed by atoms with van der Waals surface area (Å²) in [5.41, 5.74) is 4.71. The standard InChI is InChI=1S/C18H25N3O2/c1-13-9-14(2)18-15(3-6-20-7-4-19-5-8-20)11-21(12-17(22)23)16(18)10-13/h9-11,19H,3-8,12H2,1-2H3,(H,22,23). The summed E-state index contributed by atoms with van der Waals surface area (Å²) in [4.78, 5) is 13.6. The van der Waals surface area contributed by atoms with E-state index < -0.39 is 5.97 Å². The van der Waals surface area contributed by atoms with Crippen LogP contribution in [0, 0.1) is 13.8 Å². The molecule has 0 atom stereocenters. The first-order valence-corrected chi connectivity index (χ1v) is 8.28. The van der Waals surface area contributed by atoms with Crippen LogP contribution in [0.5, 0.6) is 0 Å². The van der Waals surface area contributed by atoms with Gasteiger partial charge in [0.25, 0.3) is 0 Å². The SMILES string of the molecule is Cc1cc(C)c2c(CCN3CCNCC3)cn(CC(=O)O)c2c1. The Labute approximate surface area is 136 Å². The molecule has 1 aliphatic heterocycles. The smallest absolute Gasteiger partial charge is 0.323 e. The fourth-order valence-corrected chi connectivity index (χ4v) is 3.59. The van der Waals surface area contributed by atoms with Crippen molar-refractivity contribution in [2.24, 2.45) is 0 Å². The Hall–Kier alpha value is -1.85. The number of benzene rings is 1. The number of nitrogens with zero attached hydrogens (tertiary/aromatic N) is 2. The van der Waals surface area contributed by atoms with E-state index in [2.05, 4.69) is 36.2 Å². The van der Waals surface area contributed by atoms with E-state index in [4.69, 9.17) is 0 Å². The predicted molar refractivity (Wildman–Crippen MR) is 92.1 cm³/mol. The van der Waals surface area contributed by atoms with Gasteiger partial charge >= 0.3 is 5.97 Å². The van der Waals surface area contributed by atoms with E-state index >= 15 is 0 Å². The third-order valence-electron chi connectivity index (χ3n) is 4.61. The van der Waals surface area contributed by atoms with Gasteiger partial charge in [-0.15, -0.1) is 0 Å². The minimum Gasteiger partial charge on any atom is -0.480 e. The molecule has 124 valence electrons. The molecular formula is C18H25N3O2. The molecule has 1 fully saturated rings. The number of aliphatic carboxylic acids is 1. The number of carbonyl (C=O) groups is 1. The van der Waals surface area contributed by atoms with Crippen LogP contribution < -0.4 is 5.32 Å². The summed E-state index contributed by atoms with van der Waals surface area (Å²) in [5.74, 6) is -0.797. The molecule has 5 heteroatoms. The van der Waals surface area contributed by atoms with Crippen LogP contribution in [0.1, 0.15) is 16.7 Å². The first kappa shape index (κ1) is 16.0. The zero-order chi connectivity index (χ0) is 16.4. The van der Waals surface area contributed by atoms with Crippen LogP contribution in [-0.2, 0) is 17.8 Å². The number of carboxylic acid groups (broad SMARTS) is 1. The summed E-state index contributed by atoms with van der Waals surface area (Å²) in [6.07, 6.45) is 3.00. The van der Waals surface area contributed by atoms with Crippen LogP contribution in [0.15, 0.2) is 18.3 Å². The number of hydrogen-bond acceptors (Lipinski definition) is 3. The lowest BCUT2D eigenvalue weighted by atomic mass is 10.0. The third-order valence-corrected chi connectivity index (χ3v) is 4.61. The van der Waals surface area contributed by atoms with Gasteiger partial charge in [0.05, 0.1) is 0 Å². The van der Waals surface area contributed by atoms with Crippen molar-refractivity contribution in [3.63, 3.8) is 0 Å². The highest BCUT2D eigenvalue weighted by Gasteiger charge is 2.15. The first-order valence-electron chi connectivity index (χ1n) is 8.28. The number of aromatic nitrogens is 1. The molecule has 2 heterocycles. The molecule has 0 bridgehead atoms. The van der Waals surface area contributed by atoms with Crippen molar-refractivity contribution >= 4 is 16.9 Å². The van der Waals surface area contributed by atoms with Gasteiger partial charge in [0.2, 0.25) is 0 Å². The predicted octanol–water partition coefficient (Wildman–Crippen LogP) is 1.79. The molecule has 3 rings (SSSR count). The van der Waals surface area contributed by atoms with Gasteiger partial charge in [-0.2, -0.15) is 0 Å². The monoisotopic (exact) mass is 315 g/mol. The van der Waals surface area contributed by atoms with Crippen LogP contribution in [0.3, 0.4) is 0 Å². The molecule has 0 amide bonds. The molecule has 2 N–H and O–H groups in total. The molecule has 0 aliphatic carbocycles. The maximum Gasteiger partial charge on any atom is 0.323 e. The molecule has 0 spiro atoms. The lowest BCUT2D eigenvalue weighted by Crippen LogP contribution is -2.44. The van der Waals surface area contributed by atoms with Crippen LogP contribution in [0.25, 0.3) is 10.9 Å². The Morgan fingerprint density at radius 2 is 2.00 bits per heavy atom. The normalized spacial score (nSPS) is 16.1. The molecule has 0 saturated carbocycles. The maximum atomic E-state index is 11.2. The highest BCUT2D eigenvalue weighted by atomic mass is 16.4. The zero-order valence-corrected chi connectivity index (χ0v) is 13.9. The van der Waals surface area contributed by atoms with E-state index in [1.807, 2.05) is 10.8 Å². The summed E-state index contributed by atoms with van der Waals surface area (Å²) in [6, 6.07) is 4.28. The minimum atomic E-state index is -0.797. The summed E-state index contributed by atoms with van der Waals surface area (Å²) < 4.78 is 1.88. The van der Waals surface area contributed by atoms with E-state index in [0.717, 1.165) is 44.7 Å². The van der Waals surface area contributed by atoms with E-state index in [-0.39, 0.29) is 6.54 Å². The van der Waals surface area contributed by atoms with Gasteiger partial charge in [-0.05, 0) is 43.0 Å². The highest BCUT2D eigenvalue weighted by molar-refractivity contribution is 5.89. The van der Waals surface area contributed by atoms with Gasteiger partial charge in [0.1, 0.15) is 6.54 Å². The Kier molecular flexibility index (Phi) is 4.68. The van der Waals surface area contributed by atoms with Crippen molar-refractivity contribution in [2.45, 2.75) is 26.8 Å². The van der Waals surface area contributed by atoms with Crippen molar-refractivity contribution in [3.05, 3.63) is 35.0 Å². The van der Waals surface area contributed by atoms with Gasteiger partial charge in [-0.25, -0.2) is 0 Å². The zero-order valence-electron chi connectivity index (χ0n) is 13.9. The molecule has 1 saturated heterocycles. The van der Waals surface area contributed by atoms with Crippen molar-refractivity contribution in [1.82, 2.24) is 14.8 Å². The lowest BCUT2D eigenvalue weighted by molar-refractivity contribution is -0.137. The van der Waals surface area contributed by atoms with E-state index in [1.165, 1.54) is 22.1 Å². The van der Waals surface area contributed by atoms with Crippen molar-refractivity contribution in [3.8, 4) is 0 Å². The maximum absolute atomic E-state index is 11.2. The van der Waals surface area contributed by atoms with E-state index in [9.17, 15) is 9.90 Å². The van der Waals surface area contributed by atoms with Crippen molar-refractivity contribution in [2.75, 3.05) is 32.7 Å². The molecule has 0 unspecified atom stereocenters. The second-order valence-corrected chi connectivity index (χ2v) is 6.49. The quantitative estimate of drug-likeness (QED) is 0.883. The topological polar surface area (TPSA) is 57.5 Å². The summed E-state index contributed by atoms with van der Waals surface area (Å²) in [6.45, 7) is 9.52. The van der Waals surface area contributed by atoms with E-state index in [0.29, 0.717) is 0 Å². The number of hydrogen-bond donors (Lipinski definition) is 2. The fraction of sp³-hybridized carbons (Fsp3) is 0.500. The molecule has 0 radical (unpaired) electrons. The van der Waals surface area contributed by atoms with Crippen molar-refractivity contribution < 1.29 is 9.90 Å². The van der Waals surface area contributed by atoms with Gasteiger partial charge in [0, 0.05) is 49.8 Å². The Balaban J connectivity index is 1.90. The van der Waals surface area contributed by atoms with Crippen LogP contribution in [0.4, 0.5) is 0 Å². The largest absolute Gasteiger partial charge is 0.480 e. The highest BCUT2D eigenvalue weighted by Crippen LogP contribution is 2.27. The van der Waals surface area contributed by atoms with Crippen LogP contribution in [0.2, 0.25) is 0 Å². The number of fused-ring (bicyclic) bond motifs is 1. The summed E-state index contributed by atoms with van der Waals surface area (Å²) in [5, 5.41) is 13.8. The number of rotatable bonds is 5. The van der Waals surface area contributed by atoms with Gasteiger partial charge < -0.3 is 19.9 Å². The molecule has 5 nitrogen and oxygen atoms in total. The second kappa shape index (κ2) is 6.72. The molecule has 23 heavy (non-hydrogen) atoms. The Morgan fingerprint density at radius 1 is 1.26 bits per heavy atom.